The minimum atomic E-state index is -0.104. The van der Waals surface area contributed by atoms with Crippen LogP contribution in [0.5, 0.6) is 0 Å². The molecule has 1 N–H and O–H groups in total. The van der Waals surface area contributed by atoms with Crippen molar-refractivity contribution in [2.45, 2.75) is 13.0 Å². The summed E-state index contributed by atoms with van der Waals surface area (Å²) in [7, 11) is 0. The Morgan fingerprint density at radius 3 is 2.41 bits per heavy atom. The van der Waals surface area contributed by atoms with Gasteiger partial charge in [-0.3, -0.25) is 4.79 Å². The maximum Gasteiger partial charge on any atom is 0.255 e. The van der Waals surface area contributed by atoms with E-state index in [-0.39, 0.29) is 5.91 Å². The summed E-state index contributed by atoms with van der Waals surface area (Å²) in [6.07, 6.45) is 1.05. The van der Waals surface area contributed by atoms with Gasteiger partial charge >= 0.3 is 0 Å². The number of anilines is 3. The van der Waals surface area contributed by atoms with Gasteiger partial charge in [-0.1, -0.05) is 40.2 Å². The van der Waals surface area contributed by atoms with Crippen LogP contribution in [-0.2, 0) is 17.7 Å². The number of ether oxygens (including phenoxy) is 1. The van der Waals surface area contributed by atoms with E-state index in [0.717, 1.165) is 54.1 Å². The molecule has 164 valence electrons. The van der Waals surface area contributed by atoms with Crippen LogP contribution in [0, 0.1) is 0 Å². The van der Waals surface area contributed by atoms with Gasteiger partial charge in [0.25, 0.3) is 5.91 Å². The molecule has 0 aliphatic carbocycles. The standard InChI is InChI=1S/C26H26BrN3O2/c27-22-7-10-25(29-13-15-32-16-14-29)24(17-22)28-26(31)20-5-8-23(9-6-20)30-12-11-19-3-1-2-4-21(19)18-30/h1-10,17H,11-16,18H2,(H,28,31). The van der Waals surface area contributed by atoms with Crippen LogP contribution in [0.25, 0.3) is 0 Å². The van der Waals surface area contributed by atoms with E-state index in [9.17, 15) is 4.79 Å². The van der Waals surface area contributed by atoms with Gasteiger partial charge in [0.1, 0.15) is 0 Å². The Kier molecular flexibility index (Phi) is 6.14. The molecule has 1 saturated heterocycles. The van der Waals surface area contributed by atoms with Crippen molar-refractivity contribution in [3.8, 4) is 0 Å². The number of morpholine rings is 1. The van der Waals surface area contributed by atoms with E-state index in [2.05, 4.69) is 55.3 Å². The summed E-state index contributed by atoms with van der Waals surface area (Å²) in [6, 6.07) is 22.6. The van der Waals surface area contributed by atoms with Gasteiger partial charge in [-0.15, -0.1) is 0 Å². The topological polar surface area (TPSA) is 44.8 Å². The van der Waals surface area contributed by atoms with E-state index in [4.69, 9.17) is 4.74 Å². The fraction of sp³-hybridized carbons (Fsp3) is 0.269. The van der Waals surface area contributed by atoms with E-state index in [1.54, 1.807) is 0 Å². The van der Waals surface area contributed by atoms with Crippen molar-refractivity contribution < 1.29 is 9.53 Å². The number of hydrogen-bond donors (Lipinski definition) is 1. The minimum Gasteiger partial charge on any atom is -0.378 e. The predicted molar refractivity (Wildman–Crippen MR) is 133 cm³/mol. The number of nitrogens with zero attached hydrogens (tertiary/aromatic N) is 2. The van der Waals surface area contributed by atoms with Gasteiger partial charge < -0.3 is 19.9 Å². The number of fused-ring (bicyclic) bond motifs is 1. The Morgan fingerprint density at radius 2 is 1.62 bits per heavy atom. The zero-order valence-electron chi connectivity index (χ0n) is 17.9. The second-order valence-corrected chi connectivity index (χ2v) is 9.12. The number of carbonyl (C=O) groups excluding carboxylic acids is 1. The zero-order valence-corrected chi connectivity index (χ0v) is 19.5. The van der Waals surface area contributed by atoms with Gasteiger partial charge in [0.2, 0.25) is 0 Å². The van der Waals surface area contributed by atoms with Crippen molar-refractivity contribution in [2.24, 2.45) is 0 Å². The summed E-state index contributed by atoms with van der Waals surface area (Å²) in [5.74, 6) is -0.104. The third-order valence-corrected chi connectivity index (χ3v) is 6.68. The van der Waals surface area contributed by atoms with Crippen LogP contribution in [0.1, 0.15) is 21.5 Å². The lowest BCUT2D eigenvalue weighted by molar-refractivity contribution is 0.102. The second-order valence-electron chi connectivity index (χ2n) is 8.20. The average Bonchev–Trinajstić information content (AvgIpc) is 2.84. The quantitative estimate of drug-likeness (QED) is 0.551. The summed E-state index contributed by atoms with van der Waals surface area (Å²) in [6.45, 7) is 4.93. The van der Waals surface area contributed by atoms with Crippen molar-refractivity contribution in [1.82, 2.24) is 0 Å². The van der Waals surface area contributed by atoms with Crippen molar-refractivity contribution in [3.05, 3.63) is 87.9 Å². The van der Waals surface area contributed by atoms with Gasteiger partial charge in [0, 0.05) is 41.9 Å². The molecule has 2 aliphatic rings. The maximum atomic E-state index is 13.0. The largest absolute Gasteiger partial charge is 0.378 e. The van der Waals surface area contributed by atoms with Crippen LogP contribution in [-0.4, -0.2) is 38.8 Å². The molecular formula is C26H26BrN3O2. The molecule has 3 aromatic carbocycles. The number of halogens is 1. The van der Waals surface area contributed by atoms with Gasteiger partial charge in [-0.25, -0.2) is 0 Å². The van der Waals surface area contributed by atoms with E-state index in [0.29, 0.717) is 18.8 Å². The van der Waals surface area contributed by atoms with Crippen molar-refractivity contribution in [3.63, 3.8) is 0 Å². The molecule has 0 radical (unpaired) electrons. The first-order valence-electron chi connectivity index (χ1n) is 11.0. The smallest absolute Gasteiger partial charge is 0.255 e. The molecule has 6 heteroatoms. The lowest BCUT2D eigenvalue weighted by atomic mass is 9.99. The average molecular weight is 492 g/mol. The number of hydrogen-bond acceptors (Lipinski definition) is 4. The van der Waals surface area contributed by atoms with E-state index in [1.165, 1.54) is 11.1 Å². The third kappa shape index (κ3) is 4.52. The first kappa shape index (κ1) is 21.0. The highest BCUT2D eigenvalue weighted by molar-refractivity contribution is 9.10. The highest BCUT2D eigenvalue weighted by Gasteiger charge is 2.19. The fourth-order valence-electron chi connectivity index (χ4n) is 4.42. The van der Waals surface area contributed by atoms with Crippen LogP contribution in [0.15, 0.2) is 71.2 Å². The van der Waals surface area contributed by atoms with E-state index >= 15 is 0 Å². The molecule has 1 fully saturated rings. The first-order valence-corrected chi connectivity index (χ1v) is 11.8. The summed E-state index contributed by atoms with van der Waals surface area (Å²) >= 11 is 3.53. The third-order valence-electron chi connectivity index (χ3n) is 6.18. The van der Waals surface area contributed by atoms with Crippen LogP contribution in [0.4, 0.5) is 17.1 Å². The normalized spacial score (nSPS) is 15.9. The SMILES string of the molecule is O=C(Nc1cc(Br)ccc1N1CCOCC1)c1ccc(N2CCc3ccccc3C2)cc1. The molecule has 0 atom stereocenters. The monoisotopic (exact) mass is 491 g/mol. The van der Waals surface area contributed by atoms with Crippen molar-refractivity contribution in [2.75, 3.05) is 48.0 Å². The van der Waals surface area contributed by atoms with Gasteiger partial charge in [0.15, 0.2) is 0 Å². The number of rotatable bonds is 4. The molecule has 0 unspecified atom stereocenters. The molecule has 1 amide bonds. The zero-order chi connectivity index (χ0) is 21.9. The number of benzene rings is 3. The molecule has 0 spiro atoms. The summed E-state index contributed by atoms with van der Waals surface area (Å²) < 4.78 is 6.41. The van der Waals surface area contributed by atoms with Crippen molar-refractivity contribution >= 4 is 38.9 Å². The number of nitrogens with one attached hydrogen (secondary N) is 1. The molecule has 2 heterocycles. The Hall–Kier alpha value is -2.83. The van der Waals surface area contributed by atoms with Crippen LogP contribution < -0.4 is 15.1 Å². The van der Waals surface area contributed by atoms with Gasteiger partial charge in [0.05, 0.1) is 24.6 Å². The molecule has 3 aromatic rings. The number of carbonyl (C=O) groups is 1. The summed E-state index contributed by atoms with van der Waals surface area (Å²) in [5, 5.41) is 3.11. The van der Waals surface area contributed by atoms with Gasteiger partial charge in [-0.05, 0) is 60.0 Å². The van der Waals surface area contributed by atoms with Crippen molar-refractivity contribution in [1.29, 1.82) is 0 Å². The molecule has 32 heavy (non-hydrogen) atoms. The summed E-state index contributed by atoms with van der Waals surface area (Å²) in [5.41, 5.74) is 6.44. The molecular weight excluding hydrogens is 466 g/mol. The lowest BCUT2D eigenvalue weighted by Crippen LogP contribution is -2.36. The Bertz CT molecular complexity index is 1110. The molecule has 5 rings (SSSR count). The van der Waals surface area contributed by atoms with Crippen LogP contribution in [0.3, 0.4) is 0 Å². The summed E-state index contributed by atoms with van der Waals surface area (Å²) in [4.78, 5) is 17.7. The Balaban J connectivity index is 1.30. The molecule has 0 bridgehead atoms. The Morgan fingerprint density at radius 1 is 0.875 bits per heavy atom. The predicted octanol–water partition coefficient (Wildman–Crippen LogP) is 5.10. The maximum absolute atomic E-state index is 13.0. The molecule has 2 aliphatic heterocycles. The second kappa shape index (κ2) is 9.35. The van der Waals surface area contributed by atoms with Crippen LogP contribution in [0.2, 0.25) is 0 Å². The minimum absolute atomic E-state index is 0.104. The van der Waals surface area contributed by atoms with Gasteiger partial charge in [-0.2, -0.15) is 0 Å². The molecule has 5 nitrogen and oxygen atoms in total. The lowest BCUT2D eigenvalue weighted by Gasteiger charge is -2.31. The molecule has 0 saturated carbocycles. The highest BCUT2D eigenvalue weighted by Crippen LogP contribution is 2.31. The Labute approximate surface area is 197 Å². The highest BCUT2D eigenvalue weighted by atomic mass is 79.9. The first-order chi connectivity index (χ1) is 15.7. The van der Waals surface area contributed by atoms with E-state index < -0.39 is 0 Å². The van der Waals surface area contributed by atoms with E-state index in [1.807, 2.05) is 42.5 Å². The van der Waals surface area contributed by atoms with Crippen LogP contribution >= 0.6 is 15.9 Å². The molecule has 0 aromatic heterocycles. The fourth-order valence-corrected chi connectivity index (χ4v) is 4.78. The number of amides is 1.